The molecule has 0 bridgehead atoms. The number of esters is 1. The van der Waals surface area contributed by atoms with Crippen LogP contribution in [-0.2, 0) is 27.4 Å². The minimum atomic E-state index is -0.971. The molecule has 2 saturated heterocycles. The van der Waals surface area contributed by atoms with Crippen LogP contribution in [0, 0.1) is 0 Å². The largest absolute Gasteiger partial charge is 0.508 e. The summed E-state index contributed by atoms with van der Waals surface area (Å²) in [5.41, 5.74) is 7.69. The summed E-state index contributed by atoms with van der Waals surface area (Å²) in [5, 5.41) is 28.5. The fourth-order valence-corrected chi connectivity index (χ4v) is 9.09. The number of aliphatic carboxylic acids is 1. The van der Waals surface area contributed by atoms with Gasteiger partial charge in [-0.1, -0.05) is 24.3 Å². The summed E-state index contributed by atoms with van der Waals surface area (Å²) >= 11 is 0. The Morgan fingerprint density at radius 2 is 0.931 bits per heavy atom. The maximum atomic E-state index is 12.3. The molecule has 0 atom stereocenters. The number of phenols is 2. The molecule has 10 aromatic rings. The van der Waals surface area contributed by atoms with Gasteiger partial charge in [-0.15, -0.1) is 0 Å². The van der Waals surface area contributed by atoms with Crippen LogP contribution < -0.4 is 19.6 Å². The Morgan fingerprint density at radius 3 is 1.36 bits per heavy atom. The summed E-state index contributed by atoms with van der Waals surface area (Å²) in [7, 11) is 0. The molecule has 0 aliphatic carbocycles. The zero-order chi connectivity index (χ0) is 49.3. The van der Waals surface area contributed by atoms with Crippen LogP contribution in [0.4, 0.5) is 23.3 Å². The van der Waals surface area contributed by atoms with Crippen molar-refractivity contribution in [2.45, 2.75) is 20.0 Å². The van der Waals surface area contributed by atoms with E-state index < -0.39 is 5.97 Å². The molecule has 22 nitrogen and oxygen atoms in total. The molecule has 364 valence electrons. The smallest absolute Gasteiger partial charge is 0.326 e. The van der Waals surface area contributed by atoms with Crippen LogP contribution in [0.15, 0.2) is 122 Å². The summed E-state index contributed by atoms with van der Waals surface area (Å²) < 4.78 is 12.2. The fourth-order valence-electron chi connectivity index (χ4n) is 9.09. The molecule has 22 heteroatoms. The van der Waals surface area contributed by atoms with Crippen LogP contribution in [0.1, 0.15) is 6.92 Å². The maximum Gasteiger partial charge on any atom is 0.326 e. The lowest BCUT2D eigenvalue weighted by Gasteiger charge is -2.36. The van der Waals surface area contributed by atoms with Gasteiger partial charge >= 0.3 is 11.9 Å². The summed E-state index contributed by atoms with van der Waals surface area (Å²) in [6.45, 7) is 7.71. The molecular formula is C50H48N16O6. The topological polar surface area (TPSA) is 240 Å². The Kier molecular flexibility index (Phi) is 12.0. The zero-order valence-corrected chi connectivity index (χ0v) is 39.0. The Morgan fingerprint density at radius 1 is 0.514 bits per heavy atom. The van der Waals surface area contributed by atoms with E-state index in [1.54, 1.807) is 54.7 Å². The third kappa shape index (κ3) is 8.91. The monoisotopic (exact) mass is 968 g/mol. The lowest BCUT2D eigenvalue weighted by Crippen LogP contribution is -2.47. The minimum absolute atomic E-state index is 0.0134. The average Bonchev–Trinajstić information content (AvgIpc) is 4.22. The fraction of sp³-hybridized carbons (Fsp3) is 0.240. The van der Waals surface area contributed by atoms with Crippen LogP contribution in [0.25, 0.3) is 56.0 Å². The van der Waals surface area contributed by atoms with Crippen molar-refractivity contribution in [3.63, 3.8) is 0 Å². The van der Waals surface area contributed by atoms with E-state index in [2.05, 4.69) is 39.5 Å². The highest BCUT2D eigenvalue weighted by Crippen LogP contribution is 2.29. The Balaban J connectivity index is 0.000000156. The van der Waals surface area contributed by atoms with E-state index in [0.29, 0.717) is 78.6 Å². The molecular weight excluding hydrogens is 921 g/mol. The molecule has 0 spiro atoms. The lowest BCUT2D eigenvalue weighted by atomic mass is 10.2. The number of hydrogen-bond donors (Lipinski definition) is 3. The van der Waals surface area contributed by atoms with Crippen molar-refractivity contribution in [3.8, 4) is 23.1 Å². The molecule has 72 heavy (non-hydrogen) atoms. The van der Waals surface area contributed by atoms with Gasteiger partial charge in [0.25, 0.3) is 0 Å². The number of hydrogen-bond acceptors (Lipinski definition) is 17. The summed E-state index contributed by atoms with van der Waals surface area (Å²) in [5.74, 6) is 1.43. The number of carbonyl (C=O) groups excluding carboxylic acids is 1. The van der Waals surface area contributed by atoms with Gasteiger partial charge in [0.05, 0.1) is 41.3 Å². The average molecular weight is 969 g/mol. The van der Waals surface area contributed by atoms with E-state index in [1.807, 2.05) is 81.9 Å². The van der Waals surface area contributed by atoms with Gasteiger partial charge in [0.1, 0.15) is 37.2 Å². The highest BCUT2D eigenvalue weighted by Gasteiger charge is 2.26. The van der Waals surface area contributed by atoms with Gasteiger partial charge in [-0.2, -0.15) is 19.9 Å². The molecule has 0 amide bonds. The Bertz CT molecular complexity index is 3570. The second-order valence-corrected chi connectivity index (χ2v) is 17.2. The number of carboxylic acid groups (broad SMARTS) is 1. The van der Waals surface area contributed by atoms with E-state index in [0.717, 1.165) is 59.6 Å². The number of imidazole rings is 4. The van der Waals surface area contributed by atoms with Gasteiger partial charge in [0.2, 0.25) is 11.9 Å². The van der Waals surface area contributed by atoms with Crippen LogP contribution in [0.5, 0.6) is 11.5 Å². The number of ether oxygens (including phenoxy) is 1. The number of carbonyl (C=O) groups is 2. The Labute approximate surface area is 410 Å². The molecule has 0 unspecified atom stereocenters. The number of piperazine rings is 2. The predicted molar refractivity (Wildman–Crippen MR) is 269 cm³/mol. The van der Waals surface area contributed by atoms with E-state index in [1.165, 1.54) is 10.9 Å². The first-order valence-corrected chi connectivity index (χ1v) is 23.4. The van der Waals surface area contributed by atoms with Crippen molar-refractivity contribution in [3.05, 3.63) is 122 Å². The van der Waals surface area contributed by atoms with Crippen LogP contribution in [0.2, 0.25) is 0 Å². The zero-order valence-electron chi connectivity index (χ0n) is 39.0. The van der Waals surface area contributed by atoms with Gasteiger partial charge in [0, 0.05) is 63.7 Å². The van der Waals surface area contributed by atoms with E-state index in [4.69, 9.17) is 24.7 Å². The second-order valence-electron chi connectivity index (χ2n) is 17.2. The molecule has 0 saturated carbocycles. The molecule has 12 rings (SSSR count). The first-order valence-electron chi connectivity index (χ1n) is 23.4. The quantitative estimate of drug-likeness (QED) is 0.144. The molecule has 2 fully saturated rings. The van der Waals surface area contributed by atoms with E-state index in [-0.39, 0.29) is 30.6 Å². The van der Waals surface area contributed by atoms with Gasteiger partial charge < -0.3 is 48.8 Å². The number of nitrogens with zero attached hydrogens (tertiary/aromatic N) is 16. The number of benzene rings is 4. The first kappa shape index (κ1) is 45.1. The molecule has 0 radical (unpaired) electrons. The number of phenolic OH excluding ortho intramolecular Hbond substituents is 2. The number of anilines is 4. The predicted octanol–water partition coefficient (Wildman–Crippen LogP) is 5.04. The highest BCUT2D eigenvalue weighted by atomic mass is 16.5. The lowest BCUT2D eigenvalue weighted by molar-refractivity contribution is -0.143. The number of para-hydroxylation sites is 4. The van der Waals surface area contributed by atoms with Crippen LogP contribution in [0.3, 0.4) is 0 Å². The van der Waals surface area contributed by atoms with Gasteiger partial charge in [-0.3, -0.25) is 18.7 Å². The van der Waals surface area contributed by atoms with Crippen LogP contribution in [-0.4, -0.2) is 144 Å². The van der Waals surface area contributed by atoms with Crippen molar-refractivity contribution in [1.82, 2.24) is 58.1 Å². The van der Waals surface area contributed by atoms with Crippen molar-refractivity contribution in [2.75, 3.05) is 78.6 Å². The summed E-state index contributed by atoms with van der Waals surface area (Å²) in [6, 6.07) is 30.0. The SMILES string of the molecule is CCOC(=O)Cn1cnc2c(-n3cnc4ccccc43)nc(N3CCN(c4ccc(O)cc4)CC3)nc21.O=C(O)Cn1cnc2c(-n3cnc4ccccc43)nc(N3CCN(c4ccc(O)cc4)CC3)nc21. The number of aromatic hydroxyl groups is 2. The molecule has 4 aromatic carbocycles. The molecule has 3 N–H and O–H groups in total. The van der Waals surface area contributed by atoms with Crippen molar-refractivity contribution >= 4 is 79.6 Å². The third-order valence-electron chi connectivity index (χ3n) is 12.7. The minimum Gasteiger partial charge on any atom is -0.508 e. The number of carboxylic acids is 1. The summed E-state index contributed by atoms with van der Waals surface area (Å²) in [4.78, 5) is 69.9. The summed E-state index contributed by atoms with van der Waals surface area (Å²) in [6.07, 6.45) is 6.53. The van der Waals surface area contributed by atoms with Gasteiger partial charge in [-0.25, -0.2) is 19.9 Å². The van der Waals surface area contributed by atoms with Crippen molar-refractivity contribution in [1.29, 1.82) is 0 Å². The van der Waals surface area contributed by atoms with Gasteiger partial charge in [-0.05, 0) is 79.7 Å². The number of aromatic nitrogens is 12. The number of fused-ring (bicyclic) bond motifs is 4. The molecule has 2 aliphatic heterocycles. The molecule has 2 aliphatic rings. The van der Waals surface area contributed by atoms with Crippen LogP contribution >= 0.6 is 0 Å². The van der Waals surface area contributed by atoms with Gasteiger partial charge in [0.15, 0.2) is 34.0 Å². The third-order valence-corrected chi connectivity index (χ3v) is 12.7. The first-order chi connectivity index (χ1) is 35.2. The maximum absolute atomic E-state index is 12.3. The number of rotatable bonds is 11. The Hall–Kier alpha value is -9.34. The van der Waals surface area contributed by atoms with E-state index in [9.17, 15) is 24.9 Å². The highest BCUT2D eigenvalue weighted by molar-refractivity contribution is 5.87. The van der Waals surface area contributed by atoms with E-state index >= 15 is 0 Å². The molecule has 6 aromatic heterocycles. The molecule has 8 heterocycles. The van der Waals surface area contributed by atoms with Crippen molar-refractivity contribution < 1.29 is 29.6 Å². The standard InChI is InChI=1S/C26H26N8O3.C24H22N8O3/c1-2-37-22(36)15-33-16-28-23-24(33)29-26(30-25(23)34-17-27-20-5-3-4-6-21(20)34)32-13-11-31(12-14-32)18-7-9-19(35)10-8-18;33-17-7-5-16(6-8-17)29-9-11-30(12-10-29)24-27-22-21(26-14-31(22)13-20(34)35)23(28-24)32-15-25-18-3-1-2-4-19(18)32/h3-10,16-17,35H,2,11-15H2,1H3;1-8,14-15,33H,9-13H2,(H,34,35). The van der Waals surface area contributed by atoms with Crippen molar-refractivity contribution in [2.24, 2.45) is 0 Å². The normalized spacial score (nSPS) is 14.1. The second kappa shape index (κ2) is 19.2.